The number of hydrogen-bond acceptors (Lipinski definition) is 5. The van der Waals surface area contributed by atoms with Crippen LogP contribution in [0.2, 0.25) is 0 Å². The average Bonchev–Trinajstić information content (AvgIpc) is 2.58. The molecule has 5 heteroatoms. The zero-order valence-corrected chi connectivity index (χ0v) is 13.5. The summed E-state index contributed by atoms with van der Waals surface area (Å²) in [6.07, 6.45) is 1.20. The molecule has 1 atom stereocenters. The number of nitrogens with one attached hydrogen (secondary N) is 5. The Balaban J connectivity index is 1.68. The van der Waals surface area contributed by atoms with Crippen LogP contribution in [0.25, 0.3) is 0 Å². The van der Waals surface area contributed by atoms with Gasteiger partial charge in [0, 0.05) is 51.9 Å². The van der Waals surface area contributed by atoms with Crippen molar-refractivity contribution in [2.45, 2.75) is 19.0 Å². The third kappa shape index (κ3) is 7.87. The predicted octanol–water partition coefficient (Wildman–Crippen LogP) is -0.0931. The van der Waals surface area contributed by atoms with E-state index < -0.39 is 0 Å². The highest BCUT2D eigenvalue weighted by atomic mass is 15.1. The molecule has 0 saturated carbocycles. The molecule has 22 heavy (non-hydrogen) atoms. The van der Waals surface area contributed by atoms with E-state index in [9.17, 15) is 0 Å². The van der Waals surface area contributed by atoms with Crippen LogP contribution in [-0.4, -0.2) is 58.4 Å². The van der Waals surface area contributed by atoms with E-state index in [1.54, 1.807) is 0 Å². The maximum atomic E-state index is 3.64. The highest BCUT2D eigenvalue weighted by molar-refractivity contribution is 5.14. The fraction of sp³-hybridized carbons (Fsp3) is 0.647. The lowest BCUT2D eigenvalue weighted by molar-refractivity contribution is 0.443. The molecular weight excluding hydrogens is 274 g/mol. The van der Waals surface area contributed by atoms with E-state index in [1.807, 2.05) is 0 Å². The van der Waals surface area contributed by atoms with Gasteiger partial charge < -0.3 is 26.6 Å². The molecule has 1 unspecified atom stereocenters. The van der Waals surface area contributed by atoms with E-state index >= 15 is 0 Å². The van der Waals surface area contributed by atoms with Gasteiger partial charge in [0.15, 0.2) is 0 Å². The van der Waals surface area contributed by atoms with Crippen molar-refractivity contribution >= 4 is 0 Å². The van der Waals surface area contributed by atoms with Crippen LogP contribution in [-0.2, 0) is 6.54 Å². The Bertz CT molecular complexity index is 357. The second-order valence-corrected chi connectivity index (χ2v) is 5.83. The molecule has 1 aromatic rings. The molecule has 1 aliphatic rings. The second kappa shape index (κ2) is 11.6. The molecule has 1 heterocycles. The zero-order chi connectivity index (χ0) is 15.3. The minimum absolute atomic E-state index is 0.464. The summed E-state index contributed by atoms with van der Waals surface area (Å²) in [7, 11) is 0. The summed E-state index contributed by atoms with van der Waals surface area (Å²) < 4.78 is 0. The summed E-state index contributed by atoms with van der Waals surface area (Å²) in [5.74, 6) is 0. The van der Waals surface area contributed by atoms with Gasteiger partial charge in [0.05, 0.1) is 0 Å². The van der Waals surface area contributed by atoms with Crippen LogP contribution in [0, 0.1) is 0 Å². The molecule has 0 spiro atoms. The first kappa shape index (κ1) is 17.4. The first-order chi connectivity index (χ1) is 10.9. The minimum Gasteiger partial charge on any atom is -0.315 e. The molecule has 2 rings (SSSR count). The van der Waals surface area contributed by atoms with Crippen LogP contribution in [0.5, 0.6) is 0 Å². The van der Waals surface area contributed by atoms with Gasteiger partial charge in [-0.2, -0.15) is 0 Å². The van der Waals surface area contributed by atoms with E-state index in [1.165, 1.54) is 12.0 Å². The fourth-order valence-electron chi connectivity index (χ4n) is 2.61. The van der Waals surface area contributed by atoms with Crippen molar-refractivity contribution in [2.24, 2.45) is 0 Å². The molecule has 0 bridgehead atoms. The Morgan fingerprint density at radius 2 is 1.59 bits per heavy atom. The van der Waals surface area contributed by atoms with Crippen molar-refractivity contribution in [1.82, 2.24) is 26.6 Å². The van der Waals surface area contributed by atoms with Gasteiger partial charge in [-0.05, 0) is 25.1 Å². The van der Waals surface area contributed by atoms with Crippen LogP contribution < -0.4 is 26.6 Å². The average molecular weight is 305 g/mol. The molecule has 0 aromatic heterocycles. The predicted molar refractivity (Wildman–Crippen MR) is 93.2 cm³/mol. The third-order valence-electron chi connectivity index (χ3n) is 3.87. The Kier molecular flexibility index (Phi) is 9.14. The summed E-state index contributed by atoms with van der Waals surface area (Å²) in [5.41, 5.74) is 1.34. The lowest BCUT2D eigenvalue weighted by atomic mass is 10.2. The lowest BCUT2D eigenvalue weighted by Crippen LogP contribution is -2.47. The van der Waals surface area contributed by atoms with Crippen LogP contribution in [0.3, 0.4) is 0 Å². The molecule has 1 saturated heterocycles. The highest BCUT2D eigenvalue weighted by Gasteiger charge is 2.07. The van der Waals surface area contributed by atoms with E-state index in [0.29, 0.717) is 6.04 Å². The lowest BCUT2D eigenvalue weighted by Gasteiger charge is -2.20. The summed E-state index contributed by atoms with van der Waals surface area (Å²) in [4.78, 5) is 0. The first-order valence-corrected chi connectivity index (χ1v) is 8.55. The van der Waals surface area contributed by atoms with Crippen molar-refractivity contribution in [3.63, 3.8) is 0 Å². The highest BCUT2D eigenvalue weighted by Crippen LogP contribution is 1.97. The monoisotopic (exact) mass is 305 g/mol. The molecule has 1 aliphatic heterocycles. The topological polar surface area (TPSA) is 60.1 Å². The van der Waals surface area contributed by atoms with E-state index in [2.05, 4.69) is 56.9 Å². The molecule has 5 N–H and O–H groups in total. The molecule has 1 aromatic carbocycles. The van der Waals surface area contributed by atoms with Gasteiger partial charge in [0.1, 0.15) is 0 Å². The largest absolute Gasteiger partial charge is 0.315 e. The Morgan fingerprint density at radius 3 is 2.41 bits per heavy atom. The molecule has 0 radical (unpaired) electrons. The SMILES string of the molecule is c1ccc(CNCC2CNCCNCCCNCCN2)cc1. The van der Waals surface area contributed by atoms with Crippen molar-refractivity contribution in [2.75, 3.05) is 52.4 Å². The molecule has 1 fully saturated rings. The maximum absolute atomic E-state index is 3.64. The van der Waals surface area contributed by atoms with Crippen LogP contribution in [0.15, 0.2) is 30.3 Å². The Labute approximate surface area is 134 Å². The van der Waals surface area contributed by atoms with E-state index in [0.717, 1.165) is 58.9 Å². The van der Waals surface area contributed by atoms with Gasteiger partial charge in [-0.15, -0.1) is 0 Å². The number of hydrogen-bond donors (Lipinski definition) is 5. The van der Waals surface area contributed by atoms with Gasteiger partial charge >= 0.3 is 0 Å². The van der Waals surface area contributed by atoms with Crippen molar-refractivity contribution < 1.29 is 0 Å². The normalized spacial score (nSPS) is 22.3. The summed E-state index contributed by atoms with van der Waals surface area (Å²) in [5, 5.41) is 17.7. The van der Waals surface area contributed by atoms with Gasteiger partial charge in [-0.3, -0.25) is 0 Å². The van der Waals surface area contributed by atoms with Crippen LogP contribution in [0.1, 0.15) is 12.0 Å². The van der Waals surface area contributed by atoms with Crippen molar-refractivity contribution in [1.29, 1.82) is 0 Å². The fourth-order valence-corrected chi connectivity index (χ4v) is 2.61. The molecular formula is C17H31N5. The van der Waals surface area contributed by atoms with Crippen molar-refractivity contribution in [3.05, 3.63) is 35.9 Å². The summed E-state index contributed by atoms with van der Waals surface area (Å²) in [6.45, 7) is 9.25. The van der Waals surface area contributed by atoms with Gasteiger partial charge in [-0.25, -0.2) is 0 Å². The standard InChI is InChI=1S/C17H31N5/c1-2-5-16(6-3-1)13-21-15-17-14-20-10-9-18-7-4-8-19-11-12-22-17/h1-3,5-6,17-22H,4,7-15H2. The number of rotatable bonds is 4. The quantitative estimate of drug-likeness (QED) is 0.538. The zero-order valence-electron chi connectivity index (χ0n) is 13.5. The molecule has 5 nitrogen and oxygen atoms in total. The Hall–Kier alpha value is -0.980. The second-order valence-electron chi connectivity index (χ2n) is 5.83. The summed E-state index contributed by atoms with van der Waals surface area (Å²) >= 11 is 0. The molecule has 124 valence electrons. The van der Waals surface area contributed by atoms with E-state index in [4.69, 9.17) is 0 Å². The third-order valence-corrected chi connectivity index (χ3v) is 3.87. The molecule has 0 amide bonds. The smallest absolute Gasteiger partial charge is 0.0318 e. The maximum Gasteiger partial charge on any atom is 0.0318 e. The minimum atomic E-state index is 0.464. The van der Waals surface area contributed by atoms with Gasteiger partial charge in [-0.1, -0.05) is 30.3 Å². The Morgan fingerprint density at radius 1 is 0.864 bits per heavy atom. The van der Waals surface area contributed by atoms with Crippen LogP contribution in [0.4, 0.5) is 0 Å². The number of benzene rings is 1. The summed E-state index contributed by atoms with van der Waals surface area (Å²) in [6, 6.07) is 11.0. The van der Waals surface area contributed by atoms with Gasteiger partial charge in [0.25, 0.3) is 0 Å². The van der Waals surface area contributed by atoms with Gasteiger partial charge in [0.2, 0.25) is 0 Å². The first-order valence-electron chi connectivity index (χ1n) is 8.55. The van der Waals surface area contributed by atoms with Crippen LogP contribution >= 0.6 is 0 Å². The molecule has 0 aliphatic carbocycles. The van der Waals surface area contributed by atoms with E-state index in [-0.39, 0.29) is 0 Å². The van der Waals surface area contributed by atoms with Crippen molar-refractivity contribution in [3.8, 4) is 0 Å².